The Kier molecular flexibility index (Phi) is 5.39. The van der Waals surface area contributed by atoms with E-state index in [4.69, 9.17) is 10.5 Å². The number of imidazole rings is 1. The number of carbonyl (C=O) groups is 1. The third kappa shape index (κ3) is 4.56. The van der Waals surface area contributed by atoms with E-state index in [2.05, 4.69) is 20.4 Å². The normalized spacial score (nSPS) is 17.2. The molecular formula is C19H22F3N7O2S. The minimum atomic E-state index is -4.62. The van der Waals surface area contributed by atoms with E-state index in [1.807, 2.05) is 4.90 Å². The van der Waals surface area contributed by atoms with Crippen molar-refractivity contribution < 1.29 is 22.7 Å². The number of nitrogens with one attached hydrogen (secondary N) is 1. The summed E-state index contributed by atoms with van der Waals surface area (Å²) in [4.78, 5) is 22.5. The van der Waals surface area contributed by atoms with E-state index in [1.54, 1.807) is 20.8 Å². The van der Waals surface area contributed by atoms with Gasteiger partial charge in [-0.1, -0.05) is 11.3 Å². The number of alkyl halides is 3. The van der Waals surface area contributed by atoms with Crippen LogP contribution < -0.4 is 16.0 Å². The van der Waals surface area contributed by atoms with Gasteiger partial charge in [0.2, 0.25) is 10.1 Å². The van der Waals surface area contributed by atoms with Crippen LogP contribution in [0.15, 0.2) is 18.5 Å². The highest BCUT2D eigenvalue weighted by atomic mass is 32.1. The van der Waals surface area contributed by atoms with Gasteiger partial charge in [0.15, 0.2) is 0 Å². The number of aromatic nitrogens is 4. The first-order valence-electron chi connectivity index (χ1n) is 9.83. The van der Waals surface area contributed by atoms with Gasteiger partial charge in [0.1, 0.15) is 11.4 Å². The van der Waals surface area contributed by atoms with Crippen LogP contribution in [0.5, 0.6) is 0 Å². The molecule has 3 aromatic rings. The molecule has 172 valence electrons. The Morgan fingerprint density at radius 2 is 2.03 bits per heavy atom. The highest BCUT2D eigenvalue weighted by molar-refractivity contribution is 7.20. The molecule has 4 heterocycles. The van der Waals surface area contributed by atoms with Crippen molar-refractivity contribution in [1.29, 1.82) is 0 Å². The van der Waals surface area contributed by atoms with Crippen LogP contribution in [0, 0.1) is 0 Å². The lowest BCUT2D eigenvalue weighted by atomic mass is 10.1. The standard InChI is InChI=1S/C19H22F3N7O2S/c1-18(2,3)31-17(30)26-11-4-5-28(9-11)16-27-29-13(8-25-15(29)32-16)10-6-12(19(20,21)22)14(23)24-7-10/h6-8,11H,4-5,9H2,1-3H3,(H2,23,24)(H,26,30). The van der Waals surface area contributed by atoms with Crippen LogP contribution in [0.1, 0.15) is 32.8 Å². The second kappa shape index (κ2) is 7.80. The number of nitrogens with zero attached hydrogens (tertiary/aromatic N) is 5. The number of halogens is 3. The molecule has 9 nitrogen and oxygen atoms in total. The highest BCUT2D eigenvalue weighted by Gasteiger charge is 2.34. The molecule has 32 heavy (non-hydrogen) atoms. The Morgan fingerprint density at radius 1 is 1.28 bits per heavy atom. The smallest absolute Gasteiger partial charge is 0.419 e. The number of rotatable bonds is 3. The Labute approximate surface area is 185 Å². The third-order valence-corrected chi connectivity index (χ3v) is 5.76. The number of amides is 1. The van der Waals surface area contributed by atoms with Gasteiger partial charge in [-0.25, -0.2) is 19.3 Å². The van der Waals surface area contributed by atoms with Crippen molar-refractivity contribution in [1.82, 2.24) is 24.9 Å². The van der Waals surface area contributed by atoms with Crippen LogP contribution in [-0.4, -0.2) is 50.4 Å². The van der Waals surface area contributed by atoms with E-state index in [-0.39, 0.29) is 11.6 Å². The zero-order valence-corrected chi connectivity index (χ0v) is 18.4. The van der Waals surface area contributed by atoms with Gasteiger partial charge in [-0.2, -0.15) is 13.2 Å². The SMILES string of the molecule is CC(C)(C)OC(=O)NC1CCN(c2nn3c(-c4cnc(N)c(C(F)(F)F)c4)cnc3s2)C1. The molecule has 1 amide bonds. The number of fused-ring (bicyclic) bond motifs is 1. The molecule has 0 aliphatic carbocycles. The first-order chi connectivity index (χ1) is 14.9. The minimum absolute atomic E-state index is 0.101. The quantitative estimate of drug-likeness (QED) is 0.603. The van der Waals surface area contributed by atoms with Gasteiger partial charge in [0.05, 0.1) is 23.5 Å². The maximum Gasteiger partial charge on any atom is 0.419 e. The van der Waals surface area contributed by atoms with Gasteiger partial charge in [-0.3, -0.25) is 0 Å². The Morgan fingerprint density at radius 3 is 2.72 bits per heavy atom. The summed E-state index contributed by atoms with van der Waals surface area (Å²) in [7, 11) is 0. The minimum Gasteiger partial charge on any atom is -0.444 e. The molecule has 1 aliphatic rings. The largest absolute Gasteiger partial charge is 0.444 e. The monoisotopic (exact) mass is 469 g/mol. The number of pyridine rings is 1. The third-order valence-electron chi connectivity index (χ3n) is 4.77. The van der Waals surface area contributed by atoms with Crippen molar-refractivity contribution in [3.8, 4) is 11.3 Å². The fourth-order valence-electron chi connectivity index (χ4n) is 3.38. The second-order valence-electron chi connectivity index (χ2n) is 8.45. The molecule has 13 heteroatoms. The highest BCUT2D eigenvalue weighted by Crippen LogP contribution is 2.36. The van der Waals surface area contributed by atoms with Crippen LogP contribution in [0.3, 0.4) is 0 Å². The predicted molar refractivity (Wildman–Crippen MR) is 113 cm³/mol. The average Bonchev–Trinajstić information content (AvgIpc) is 3.34. The Balaban J connectivity index is 1.53. The molecule has 0 radical (unpaired) electrons. The number of alkyl carbamates (subject to hydrolysis) is 1. The van der Waals surface area contributed by atoms with Crippen LogP contribution in [0.2, 0.25) is 0 Å². The van der Waals surface area contributed by atoms with E-state index in [1.165, 1.54) is 28.2 Å². The fraction of sp³-hybridized carbons (Fsp3) is 0.474. The maximum atomic E-state index is 13.2. The number of nitrogens with two attached hydrogens (primary N) is 1. The topological polar surface area (TPSA) is 111 Å². The van der Waals surface area contributed by atoms with Gasteiger partial charge in [0, 0.05) is 24.8 Å². The second-order valence-corrected chi connectivity index (χ2v) is 9.39. The molecule has 1 atom stereocenters. The van der Waals surface area contributed by atoms with Crippen molar-refractivity contribution in [2.24, 2.45) is 0 Å². The van der Waals surface area contributed by atoms with E-state index >= 15 is 0 Å². The zero-order chi connectivity index (χ0) is 23.3. The van der Waals surface area contributed by atoms with Gasteiger partial charge >= 0.3 is 12.3 Å². The fourth-order valence-corrected chi connectivity index (χ4v) is 4.29. The maximum absolute atomic E-state index is 13.2. The summed E-state index contributed by atoms with van der Waals surface area (Å²) in [5.41, 5.74) is 4.40. The molecule has 0 bridgehead atoms. The predicted octanol–water partition coefficient (Wildman–Crippen LogP) is 3.56. The van der Waals surface area contributed by atoms with Crippen molar-refractivity contribution >= 4 is 33.3 Å². The lowest BCUT2D eigenvalue weighted by Gasteiger charge is -2.21. The molecular weight excluding hydrogens is 447 g/mol. The van der Waals surface area contributed by atoms with Crippen molar-refractivity contribution in [3.63, 3.8) is 0 Å². The van der Waals surface area contributed by atoms with Gasteiger partial charge in [0.25, 0.3) is 0 Å². The molecule has 3 N–H and O–H groups in total. The van der Waals surface area contributed by atoms with E-state index in [9.17, 15) is 18.0 Å². The Bertz CT molecular complexity index is 1150. The molecule has 1 fully saturated rings. The summed E-state index contributed by atoms with van der Waals surface area (Å²) in [6.07, 6.45) is -1.66. The zero-order valence-electron chi connectivity index (χ0n) is 17.6. The number of hydrogen-bond acceptors (Lipinski definition) is 8. The lowest BCUT2D eigenvalue weighted by molar-refractivity contribution is -0.137. The molecule has 1 unspecified atom stereocenters. The van der Waals surface area contributed by atoms with Crippen LogP contribution in [0.25, 0.3) is 16.2 Å². The Hall–Kier alpha value is -3.09. The lowest BCUT2D eigenvalue weighted by Crippen LogP contribution is -2.40. The number of ether oxygens (including phenoxy) is 1. The van der Waals surface area contributed by atoms with E-state index in [0.717, 1.165) is 6.07 Å². The van der Waals surface area contributed by atoms with Crippen LogP contribution in [-0.2, 0) is 10.9 Å². The summed E-state index contributed by atoms with van der Waals surface area (Å²) in [6, 6.07) is 0.845. The molecule has 4 rings (SSSR count). The molecule has 1 saturated heterocycles. The molecule has 0 spiro atoms. The molecule has 1 aliphatic heterocycles. The van der Waals surface area contributed by atoms with Crippen molar-refractivity contribution in [3.05, 3.63) is 24.0 Å². The van der Waals surface area contributed by atoms with E-state index < -0.39 is 29.3 Å². The molecule has 3 aromatic heterocycles. The molecule has 0 aromatic carbocycles. The number of nitrogen functional groups attached to an aromatic ring is 1. The van der Waals surface area contributed by atoms with Crippen LogP contribution >= 0.6 is 11.3 Å². The first kappa shape index (κ1) is 22.1. The number of hydrogen-bond donors (Lipinski definition) is 2. The van der Waals surface area contributed by atoms with Crippen molar-refractivity contribution in [2.45, 2.75) is 45.0 Å². The van der Waals surface area contributed by atoms with Gasteiger partial charge < -0.3 is 20.7 Å². The summed E-state index contributed by atoms with van der Waals surface area (Å²) < 4.78 is 46.4. The molecule has 0 saturated carbocycles. The van der Waals surface area contributed by atoms with Gasteiger partial charge in [-0.05, 0) is 33.3 Å². The number of carbonyl (C=O) groups excluding carboxylic acids is 1. The van der Waals surface area contributed by atoms with E-state index in [0.29, 0.717) is 35.3 Å². The summed E-state index contributed by atoms with van der Waals surface area (Å²) in [5, 5.41) is 8.04. The van der Waals surface area contributed by atoms with Crippen molar-refractivity contribution in [2.75, 3.05) is 23.7 Å². The summed E-state index contributed by atoms with van der Waals surface area (Å²) in [6.45, 7) is 6.58. The number of anilines is 2. The first-order valence-corrected chi connectivity index (χ1v) is 10.6. The van der Waals surface area contributed by atoms with Gasteiger partial charge in [-0.15, -0.1) is 5.10 Å². The summed E-state index contributed by atoms with van der Waals surface area (Å²) in [5.74, 6) is -0.582. The average molecular weight is 469 g/mol. The van der Waals surface area contributed by atoms with Crippen LogP contribution in [0.4, 0.5) is 28.9 Å². The summed E-state index contributed by atoms with van der Waals surface area (Å²) >= 11 is 1.31.